The van der Waals surface area contributed by atoms with Gasteiger partial charge in [0.1, 0.15) is 0 Å². The molecule has 4 heteroatoms. The summed E-state index contributed by atoms with van der Waals surface area (Å²) in [5.74, 6) is 0.216. The number of amides is 1. The molecule has 1 saturated carbocycles. The van der Waals surface area contributed by atoms with Crippen LogP contribution in [0.25, 0.3) is 0 Å². The van der Waals surface area contributed by atoms with Gasteiger partial charge < -0.3 is 10.6 Å². The molecule has 2 N–H and O–H groups in total. The fourth-order valence-electron chi connectivity index (χ4n) is 2.37. The van der Waals surface area contributed by atoms with E-state index in [1.54, 1.807) is 0 Å². The van der Waals surface area contributed by atoms with Crippen LogP contribution >= 0.6 is 12.2 Å². The third-order valence-corrected chi connectivity index (χ3v) is 3.56. The first-order valence-corrected chi connectivity index (χ1v) is 6.37. The lowest BCUT2D eigenvalue weighted by molar-refractivity contribution is -0.141. The molecule has 0 atom stereocenters. The quantitative estimate of drug-likeness (QED) is 0.768. The van der Waals surface area contributed by atoms with Gasteiger partial charge in [-0.15, -0.1) is 0 Å². The highest BCUT2D eigenvalue weighted by Crippen LogP contribution is 2.39. The Balaban J connectivity index is 2.77. The monoisotopic (exact) mass is 242 g/mol. The van der Waals surface area contributed by atoms with Crippen LogP contribution in [0.5, 0.6) is 0 Å². The number of carbonyl (C=O) groups is 1. The van der Waals surface area contributed by atoms with E-state index in [1.807, 2.05) is 18.7 Å². The maximum atomic E-state index is 12.5. The summed E-state index contributed by atoms with van der Waals surface area (Å²) in [6.07, 6.45) is 4.29. The normalized spacial score (nSPS) is 18.8. The summed E-state index contributed by atoms with van der Waals surface area (Å²) in [5, 5.41) is 0. The molecule has 0 aromatic carbocycles. The Kier molecular flexibility index (Phi) is 4.30. The SMILES string of the molecule is CC(C)N(CC(N)=S)C(=O)C1(C)CCCC1. The summed E-state index contributed by atoms with van der Waals surface area (Å²) >= 11 is 4.91. The van der Waals surface area contributed by atoms with E-state index in [-0.39, 0.29) is 17.4 Å². The van der Waals surface area contributed by atoms with E-state index in [0.29, 0.717) is 11.5 Å². The molecule has 0 aromatic heterocycles. The van der Waals surface area contributed by atoms with Gasteiger partial charge in [-0.3, -0.25) is 4.79 Å². The van der Waals surface area contributed by atoms with Gasteiger partial charge in [0.05, 0.1) is 11.5 Å². The average Bonchev–Trinajstić information content (AvgIpc) is 2.61. The number of hydrogen-bond donors (Lipinski definition) is 1. The lowest BCUT2D eigenvalue weighted by Crippen LogP contribution is -2.48. The fraction of sp³-hybridized carbons (Fsp3) is 0.833. The molecule has 1 fully saturated rings. The molecule has 3 nitrogen and oxygen atoms in total. The molecule has 0 unspecified atom stereocenters. The summed E-state index contributed by atoms with van der Waals surface area (Å²) in [6.45, 7) is 6.49. The van der Waals surface area contributed by atoms with E-state index in [9.17, 15) is 4.79 Å². The zero-order valence-corrected chi connectivity index (χ0v) is 11.3. The van der Waals surface area contributed by atoms with Crippen molar-refractivity contribution in [1.29, 1.82) is 0 Å². The molecule has 1 aliphatic rings. The predicted octanol–water partition coefficient (Wildman–Crippen LogP) is 2.09. The molecule has 92 valence electrons. The maximum absolute atomic E-state index is 12.5. The highest BCUT2D eigenvalue weighted by molar-refractivity contribution is 7.80. The lowest BCUT2D eigenvalue weighted by atomic mass is 9.86. The summed E-state index contributed by atoms with van der Waals surface area (Å²) in [4.78, 5) is 14.7. The van der Waals surface area contributed by atoms with Crippen LogP contribution in [-0.2, 0) is 4.79 Å². The van der Waals surface area contributed by atoms with Crippen LogP contribution in [0.1, 0.15) is 46.5 Å². The Hall–Kier alpha value is -0.640. The van der Waals surface area contributed by atoms with Crippen molar-refractivity contribution in [1.82, 2.24) is 4.90 Å². The highest BCUT2D eigenvalue weighted by Gasteiger charge is 2.39. The summed E-state index contributed by atoms with van der Waals surface area (Å²) in [7, 11) is 0. The largest absolute Gasteiger partial charge is 0.392 e. The Bertz CT molecular complexity index is 283. The molecule has 0 spiro atoms. The van der Waals surface area contributed by atoms with E-state index < -0.39 is 0 Å². The second kappa shape index (κ2) is 5.13. The fourth-order valence-corrected chi connectivity index (χ4v) is 2.51. The number of carbonyl (C=O) groups excluding carboxylic acids is 1. The second-order valence-electron chi connectivity index (χ2n) is 5.26. The van der Waals surface area contributed by atoms with Crippen LogP contribution in [0.2, 0.25) is 0 Å². The van der Waals surface area contributed by atoms with E-state index in [4.69, 9.17) is 18.0 Å². The standard InChI is InChI=1S/C12H22N2OS/c1-9(2)14(8-10(13)16)11(15)12(3)6-4-5-7-12/h9H,4-8H2,1-3H3,(H2,13,16). The van der Waals surface area contributed by atoms with Gasteiger partial charge in [-0.25, -0.2) is 0 Å². The minimum Gasteiger partial charge on any atom is -0.392 e. The van der Waals surface area contributed by atoms with Crippen molar-refractivity contribution in [2.75, 3.05) is 6.54 Å². The first-order chi connectivity index (χ1) is 7.37. The first-order valence-electron chi connectivity index (χ1n) is 5.96. The minimum atomic E-state index is -0.185. The van der Waals surface area contributed by atoms with Crippen LogP contribution in [0.15, 0.2) is 0 Å². The zero-order valence-electron chi connectivity index (χ0n) is 10.5. The summed E-state index contributed by atoms with van der Waals surface area (Å²) in [5.41, 5.74) is 5.36. The highest BCUT2D eigenvalue weighted by atomic mass is 32.1. The second-order valence-corrected chi connectivity index (χ2v) is 5.79. The van der Waals surface area contributed by atoms with Crippen molar-refractivity contribution in [3.05, 3.63) is 0 Å². The van der Waals surface area contributed by atoms with E-state index in [1.165, 1.54) is 0 Å². The number of rotatable bonds is 4. The number of nitrogens with two attached hydrogens (primary N) is 1. The van der Waals surface area contributed by atoms with Crippen LogP contribution in [0.3, 0.4) is 0 Å². The molecule has 0 radical (unpaired) electrons. The molecular weight excluding hydrogens is 220 g/mol. The van der Waals surface area contributed by atoms with Crippen molar-refractivity contribution in [3.8, 4) is 0 Å². The summed E-state index contributed by atoms with van der Waals surface area (Å²) in [6, 6.07) is 0.159. The van der Waals surface area contributed by atoms with Crippen LogP contribution < -0.4 is 5.73 Å². The molecule has 0 saturated heterocycles. The number of thiocarbonyl (C=S) groups is 1. The molecule has 16 heavy (non-hydrogen) atoms. The maximum Gasteiger partial charge on any atom is 0.229 e. The number of nitrogens with zero attached hydrogens (tertiary/aromatic N) is 1. The smallest absolute Gasteiger partial charge is 0.229 e. The van der Waals surface area contributed by atoms with Gasteiger partial charge in [-0.1, -0.05) is 32.0 Å². The van der Waals surface area contributed by atoms with E-state index in [2.05, 4.69) is 6.92 Å². The molecule has 0 heterocycles. The van der Waals surface area contributed by atoms with Crippen molar-refractivity contribution >= 4 is 23.1 Å². The van der Waals surface area contributed by atoms with Crippen molar-refractivity contribution in [2.45, 2.75) is 52.5 Å². The zero-order chi connectivity index (χ0) is 12.3. The Morgan fingerprint density at radius 3 is 2.31 bits per heavy atom. The molecule has 1 rings (SSSR count). The Labute approximate surface area is 103 Å². The van der Waals surface area contributed by atoms with Crippen LogP contribution in [-0.4, -0.2) is 28.4 Å². The van der Waals surface area contributed by atoms with Gasteiger partial charge in [0, 0.05) is 11.5 Å². The summed E-state index contributed by atoms with van der Waals surface area (Å²) < 4.78 is 0. The third-order valence-electron chi connectivity index (χ3n) is 3.43. The first kappa shape index (κ1) is 13.4. The van der Waals surface area contributed by atoms with E-state index >= 15 is 0 Å². The molecule has 0 aromatic rings. The predicted molar refractivity (Wildman–Crippen MR) is 70.2 cm³/mol. The van der Waals surface area contributed by atoms with Gasteiger partial charge in [0.15, 0.2) is 0 Å². The topological polar surface area (TPSA) is 46.3 Å². The Morgan fingerprint density at radius 1 is 1.44 bits per heavy atom. The van der Waals surface area contributed by atoms with Gasteiger partial charge in [-0.2, -0.15) is 0 Å². The van der Waals surface area contributed by atoms with Crippen LogP contribution in [0.4, 0.5) is 0 Å². The van der Waals surface area contributed by atoms with Crippen molar-refractivity contribution in [3.63, 3.8) is 0 Å². The lowest BCUT2D eigenvalue weighted by Gasteiger charge is -2.34. The molecule has 0 bridgehead atoms. The third kappa shape index (κ3) is 2.94. The van der Waals surface area contributed by atoms with Gasteiger partial charge >= 0.3 is 0 Å². The molecule has 1 aliphatic carbocycles. The van der Waals surface area contributed by atoms with Gasteiger partial charge in [0.25, 0.3) is 0 Å². The van der Waals surface area contributed by atoms with Crippen molar-refractivity contribution < 1.29 is 4.79 Å². The molecular formula is C12H22N2OS. The molecule has 0 aliphatic heterocycles. The minimum absolute atomic E-state index is 0.159. The molecule has 1 amide bonds. The van der Waals surface area contributed by atoms with Crippen molar-refractivity contribution in [2.24, 2.45) is 11.1 Å². The average molecular weight is 242 g/mol. The number of hydrogen-bond acceptors (Lipinski definition) is 2. The van der Waals surface area contributed by atoms with Crippen LogP contribution in [0, 0.1) is 5.41 Å². The van der Waals surface area contributed by atoms with E-state index in [0.717, 1.165) is 25.7 Å². The van der Waals surface area contributed by atoms with Gasteiger partial charge in [-0.05, 0) is 26.7 Å². The Morgan fingerprint density at radius 2 is 1.94 bits per heavy atom. The van der Waals surface area contributed by atoms with Gasteiger partial charge in [0.2, 0.25) is 5.91 Å².